The van der Waals surface area contributed by atoms with E-state index in [9.17, 15) is 4.79 Å². The SMILES string of the molecule is CC(N)=NNC(=O)c1ncc(C2CCCCCCCC2)o1. The van der Waals surface area contributed by atoms with Crippen molar-refractivity contribution in [3.8, 4) is 0 Å². The Labute approximate surface area is 125 Å². The van der Waals surface area contributed by atoms with Crippen molar-refractivity contribution in [3.63, 3.8) is 0 Å². The molecule has 1 aromatic rings. The first-order valence-electron chi connectivity index (χ1n) is 7.72. The lowest BCUT2D eigenvalue weighted by atomic mass is 9.95. The van der Waals surface area contributed by atoms with Gasteiger partial charge >= 0.3 is 5.91 Å². The highest BCUT2D eigenvalue weighted by atomic mass is 16.4. The molecule has 21 heavy (non-hydrogen) atoms. The summed E-state index contributed by atoms with van der Waals surface area (Å²) in [5.41, 5.74) is 7.69. The van der Waals surface area contributed by atoms with Crippen LogP contribution in [0.15, 0.2) is 15.7 Å². The number of nitrogens with zero attached hydrogens (tertiary/aromatic N) is 2. The molecule has 1 amide bonds. The van der Waals surface area contributed by atoms with Crippen molar-refractivity contribution in [2.75, 3.05) is 0 Å². The number of amidine groups is 1. The molecule has 0 aromatic carbocycles. The molecule has 6 nitrogen and oxygen atoms in total. The van der Waals surface area contributed by atoms with Gasteiger partial charge in [-0.15, -0.1) is 0 Å². The monoisotopic (exact) mass is 292 g/mol. The Bertz CT molecular complexity index is 482. The van der Waals surface area contributed by atoms with Crippen molar-refractivity contribution in [1.82, 2.24) is 10.4 Å². The molecule has 6 heteroatoms. The second-order valence-corrected chi connectivity index (χ2v) is 5.66. The molecule has 1 aliphatic rings. The van der Waals surface area contributed by atoms with Gasteiger partial charge in [0.15, 0.2) is 0 Å². The minimum absolute atomic E-state index is 0.0508. The van der Waals surface area contributed by atoms with Crippen LogP contribution in [-0.4, -0.2) is 16.7 Å². The van der Waals surface area contributed by atoms with Crippen LogP contribution in [-0.2, 0) is 0 Å². The van der Waals surface area contributed by atoms with Crippen molar-refractivity contribution in [1.29, 1.82) is 0 Å². The average molecular weight is 292 g/mol. The van der Waals surface area contributed by atoms with Gasteiger partial charge in [0.05, 0.1) is 6.20 Å². The van der Waals surface area contributed by atoms with Crippen molar-refractivity contribution in [3.05, 3.63) is 17.8 Å². The smallest absolute Gasteiger partial charge is 0.327 e. The highest BCUT2D eigenvalue weighted by molar-refractivity contribution is 5.90. The fourth-order valence-electron chi connectivity index (χ4n) is 2.68. The molecule has 0 unspecified atom stereocenters. The number of nitrogens with two attached hydrogens (primary N) is 1. The molecule has 116 valence electrons. The van der Waals surface area contributed by atoms with Gasteiger partial charge in [0, 0.05) is 5.92 Å². The van der Waals surface area contributed by atoms with Gasteiger partial charge < -0.3 is 10.2 Å². The molecule has 1 aliphatic carbocycles. The van der Waals surface area contributed by atoms with E-state index >= 15 is 0 Å². The number of carbonyl (C=O) groups is 1. The van der Waals surface area contributed by atoms with Crippen LogP contribution in [0.5, 0.6) is 0 Å². The van der Waals surface area contributed by atoms with Gasteiger partial charge in [0.25, 0.3) is 5.89 Å². The van der Waals surface area contributed by atoms with Crippen LogP contribution in [0.3, 0.4) is 0 Å². The van der Waals surface area contributed by atoms with Crippen LogP contribution < -0.4 is 11.2 Å². The second kappa shape index (κ2) is 7.81. The third-order valence-corrected chi connectivity index (χ3v) is 3.81. The quantitative estimate of drug-likeness (QED) is 0.509. The number of hydrogen-bond donors (Lipinski definition) is 2. The van der Waals surface area contributed by atoms with Crippen molar-refractivity contribution < 1.29 is 9.21 Å². The molecular weight excluding hydrogens is 268 g/mol. The highest BCUT2D eigenvalue weighted by Crippen LogP contribution is 2.30. The number of rotatable bonds is 3. The van der Waals surface area contributed by atoms with Crippen LogP contribution in [0.25, 0.3) is 0 Å². The van der Waals surface area contributed by atoms with Gasteiger partial charge in [-0.2, -0.15) is 5.10 Å². The fourth-order valence-corrected chi connectivity index (χ4v) is 2.68. The molecule has 0 bridgehead atoms. The Morgan fingerprint density at radius 3 is 2.52 bits per heavy atom. The molecule has 1 aromatic heterocycles. The van der Waals surface area contributed by atoms with E-state index in [1.165, 1.54) is 38.5 Å². The van der Waals surface area contributed by atoms with E-state index in [4.69, 9.17) is 10.2 Å². The first-order chi connectivity index (χ1) is 10.2. The molecule has 1 saturated carbocycles. The van der Waals surface area contributed by atoms with Gasteiger partial charge in [-0.1, -0.05) is 38.5 Å². The maximum Gasteiger partial charge on any atom is 0.327 e. The maximum absolute atomic E-state index is 11.8. The highest BCUT2D eigenvalue weighted by Gasteiger charge is 2.20. The fraction of sp³-hybridized carbons (Fsp3) is 0.667. The van der Waals surface area contributed by atoms with Gasteiger partial charge in [-0.3, -0.25) is 4.79 Å². The van der Waals surface area contributed by atoms with Crippen LogP contribution in [0.1, 0.15) is 80.7 Å². The van der Waals surface area contributed by atoms with Crippen LogP contribution >= 0.6 is 0 Å². The summed E-state index contributed by atoms with van der Waals surface area (Å²) >= 11 is 0. The molecule has 1 fully saturated rings. The molecule has 3 N–H and O–H groups in total. The lowest BCUT2D eigenvalue weighted by Gasteiger charge is -2.11. The minimum Gasteiger partial charge on any atom is -0.437 e. The van der Waals surface area contributed by atoms with E-state index in [0.717, 1.165) is 18.6 Å². The molecule has 0 atom stereocenters. The average Bonchev–Trinajstić information content (AvgIpc) is 2.97. The summed E-state index contributed by atoms with van der Waals surface area (Å²) < 4.78 is 5.62. The van der Waals surface area contributed by atoms with Crippen molar-refractivity contribution in [2.24, 2.45) is 10.8 Å². The van der Waals surface area contributed by atoms with E-state index in [2.05, 4.69) is 15.5 Å². The predicted octanol–water partition coefficient (Wildman–Crippen LogP) is 2.91. The summed E-state index contributed by atoms with van der Waals surface area (Å²) in [5.74, 6) is 1.06. The summed E-state index contributed by atoms with van der Waals surface area (Å²) in [6.07, 6.45) is 11.5. The molecule has 0 saturated heterocycles. The lowest BCUT2D eigenvalue weighted by Crippen LogP contribution is -2.21. The largest absolute Gasteiger partial charge is 0.437 e. The number of oxazole rings is 1. The molecule has 1 heterocycles. The van der Waals surface area contributed by atoms with E-state index in [0.29, 0.717) is 5.92 Å². The van der Waals surface area contributed by atoms with E-state index in [1.807, 2.05) is 0 Å². The topological polar surface area (TPSA) is 93.5 Å². The Hall–Kier alpha value is -1.85. The summed E-state index contributed by atoms with van der Waals surface area (Å²) in [5, 5.41) is 3.66. The summed E-state index contributed by atoms with van der Waals surface area (Å²) in [7, 11) is 0. The van der Waals surface area contributed by atoms with Crippen molar-refractivity contribution >= 4 is 11.7 Å². The third kappa shape index (κ3) is 4.88. The number of aromatic nitrogens is 1. The predicted molar refractivity (Wildman–Crippen MR) is 80.9 cm³/mol. The molecular formula is C15H24N4O2. The van der Waals surface area contributed by atoms with E-state index in [-0.39, 0.29) is 11.7 Å². The van der Waals surface area contributed by atoms with Crippen molar-refractivity contribution in [2.45, 2.75) is 64.2 Å². The first kappa shape index (κ1) is 15.5. The van der Waals surface area contributed by atoms with Gasteiger partial charge in [0.2, 0.25) is 0 Å². The Morgan fingerprint density at radius 2 is 1.90 bits per heavy atom. The summed E-state index contributed by atoms with van der Waals surface area (Å²) in [6, 6.07) is 0. The van der Waals surface area contributed by atoms with Crippen LogP contribution in [0, 0.1) is 0 Å². The Kier molecular flexibility index (Phi) is 5.78. The van der Waals surface area contributed by atoms with Crippen LogP contribution in [0.2, 0.25) is 0 Å². The maximum atomic E-state index is 11.8. The van der Waals surface area contributed by atoms with Crippen LogP contribution in [0.4, 0.5) is 0 Å². The van der Waals surface area contributed by atoms with E-state index in [1.54, 1.807) is 13.1 Å². The molecule has 0 radical (unpaired) electrons. The zero-order valence-corrected chi connectivity index (χ0v) is 12.6. The Morgan fingerprint density at radius 1 is 1.29 bits per heavy atom. The molecule has 0 aliphatic heterocycles. The zero-order valence-electron chi connectivity index (χ0n) is 12.6. The molecule has 2 rings (SSSR count). The van der Waals surface area contributed by atoms with Gasteiger partial charge in [-0.25, -0.2) is 10.4 Å². The number of carbonyl (C=O) groups excluding carboxylic acids is 1. The summed E-state index contributed by atoms with van der Waals surface area (Å²) in [6.45, 7) is 1.60. The third-order valence-electron chi connectivity index (χ3n) is 3.81. The second-order valence-electron chi connectivity index (χ2n) is 5.66. The first-order valence-corrected chi connectivity index (χ1v) is 7.72. The number of nitrogens with one attached hydrogen (secondary N) is 1. The number of hydrogen-bond acceptors (Lipinski definition) is 4. The number of hydrazone groups is 1. The van der Waals surface area contributed by atoms with Gasteiger partial charge in [0.1, 0.15) is 11.6 Å². The zero-order chi connectivity index (χ0) is 15.1. The minimum atomic E-state index is -0.464. The number of amides is 1. The normalized spacial score (nSPS) is 18.6. The Balaban J connectivity index is 2.00. The molecule has 0 spiro atoms. The lowest BCUT2D eigenvalue weighted by molar-refractivity contribution is 0.0917. The summed E-state index contributed by atoms with van der Waals surface area (Å²) in [4.78, 5) is 15.9. The van der Waals surface area contributed by atoms with E-state index < -0.39 is 5.91 Å². The van der Waals surface area contributed by atoms with Gasteiger partial charge in [-0.05, 0) is 19.8 Å². The standard InChI is InChI=1S/C15H24N4O2/c1-11(16)18-19-14(20)15-17-10-13(21-15)12-8-6-4-2-3-5-7-9-12/h10,12H,2-9H2,1H3,(H2,16,18)(H,19,20).